The number of halogens is 4. The van der Waals surface area contributed by atoms with Crippen molar-refractivity contribution in [2.24, 2.45) is 0 Å². The third-order valence-corrected chi connectivity index (χ3v) is 1.52. The molecule has 1 aromatic rings. The Hall–Kier alpha value is -0.710. The van der Waals surface area contributed by atoms with Crippen molar-refractivity contribution in [2.45, 2.75) is 20.2 Å². The van der Waals surface area contributed by atoms with Crippen LogP contribution < -0.4 is 4.74 Å². The minimum atomic E-state index is -4.62. The summed E-state index contributed by atoms with van der Waals surface area (Å²) in [7, 11) is 0. The van der Waals surface area contributed by atoms with E-state index in [4.69, 9.17) is 0 Å². The van der Waals surface area contributed by atoms with Crippen LogP contribution in [0.1, 0.15) is 13.8 Å². The van der Waals surface area contributed by atoms with Crippen molar-refractivity contribution in [3.8, 4) is 5.75 Å². The molecule has 0 aliphatic heterocycles. The van der Waals surface area contributed by atoms with E-state index in [1.54, 1.807) is 6.07 Å². The maximum Gasteiger partial charge on any atom is 0.573 e. The molecule has 0 aromatic heterocycles. The van der Waals surface area contributed by atoms with E-state index in [-0.39, 0.29) is 5.75 Å². The Balaban J connectivity index is 0.000000791. The van der Waals surface area contributed by atoms with Gasteiger partial charge < -0.3 is 4.74 Å². The Kier molecular flexibility index (Phi) is 5.60. The predicted molar refractivity (Wildman–Crippen MR) is 52.2 cm³/mol. The van der Waals surface area contributed by atoms with Gasteiger partial charge in [0, 0.05) is 4.47 Å². The summed E-state index contributed by atoms with van der Waals surface area (Å²) >= 11 is 3.02. The molecule has 1 nitrogen and oxygen atoms in total. The molecule has 0 saturated heterocycles. The first kappa shape index (κ1) is 13.3. The normalized spacial score (nSPS) is 10.1. The van der Waals surface area contributed by atoms with Gasteiger partial charge in [0.1, 0.15) is 5.75 Å². The smallest absolute Gasteiger partial charge is 0.406 e. The number of alkyl halides is 3. The van der Waals surface area contributed by atoms with Crippen molar-refractivity contribution in [3.63, 3.8) is 0 Å². The fourth-order valence-electron chi connectivity index (χ4n) is 0.664. The van der Waals surface area contributed by atoms with Gasteiger partial charge >= 0.3 is 6.36 Å². The van der Waals surface area contributed by atoms with E-state index >= 15 is 0 Å². The average molecular weight is 271 g/mol. The van der Waals surface area contributed by atoms with Crippen LogP contribution in [0.3, 0.4) is 0 Å². The molecule has 0 bridgehead atoms. The van der Waals surface area contributed by atoms with Crippen molar-refractivity contribution in [1.29, 1.82) is 0 Å². The lowest BCUT2D eigenvalue weighted by Gasteiger charge is -2.08. The SMILES string of the molecule is CC.FC(F)(F)Oc1cccc(Br)c1. The van der Waals surface area contributed by atoms with Crippen molar-refractivity contribution >= 4 is 15.9 Å². The van der Waals surface area contributed by atoms with Crippen LogP contribution in [-0.2, 0) is 0 Å². The zero-order chi connectivity index (χ0) is 11.2. The van der Waals surface area contributed by atoms with Gasteiger partial charge in [0.2, 0.25) is 0 Å². The van der Waals surface area contributed by atoms with Crippen molar-refractivity contribution in [3.05, 3.63) is 28.7 Å². The number of benzene rings is 1. The summed E-state index contributed by atoms with van der Waals surface area (Å²) in [6.45, 7) is 4.00. The molecule has 1 rings (SSSR count). The second-order valence-electron chi connectivity index (χ2n) is 2.01. The van der Waals surface area contributed by atoms with E-state index in [0.717, 1.165) is 0 Å². The Morgan fingerprint density at radius 2 is 1.79 bits per heavy atom. The molecule has 0 atom stereocenters. The zero-order valence-electron chi connectivity index (χ0n) is 7.73. The summed E-state index contributed by atoms with van der Waals surface area (Å²) < 4.78 is 39.1. The maximum absolute atomic E-state index is 11.6. The standard InChI is InChI=1S/C7H4BrF3O.C2H6/c8-5-2-1-3-6(4-5)12-7(9,10)11;1-2/h1-4H;1-2H3. The van der Waals surface area contributed by atoms with Crippen LogP contribution in [0.15, 0.2) is 28.7 Å². The van der Waals surface area contributed by atoms with Crippen LogP contribution in [0.4, 0.5) is 13.2 Å². The minimum absolute atomic E-state index is 0.225. The summed E-state index contributed by atoms with van der Waals surface area (Å²) in [6, 6.07) is 5.56. The third-order valence-electron chi connectivity index (χ3n) is 1.03. The van der Waals surface area contributed by atoms with Gasteiger partial charge in [-0.1, -0.05) is 35.8 Å². The molecule has 0 spiro atoms. The summed E-state index contributed by atoms with van der Waals surface area (Å²) in [5, 5.41) is 0. The maximum atomic E-state index is 11.6. The van der Waals surface area contributed by atoms with E-state index in [0.29, 0.717) is 4.47 Å². The molecule has 14 heavy (non-hydrogen) atoms. The Labute approximate surface area is 89.0 Å². The van der Waals surface area contributed by atoms with Crippen LogP contribution in [0.5, 0.6) is 5.75 Å². The largest absolute Gasteiger partial charge is 0.573 e. The number of hydrogen-bond donors (Lipinski definition) is 0. The monoisotopic (exact) mass is 270 g/mol. The lowest BCUT2D eigenvalue weighted by Crippen LogP contribution is -2.16. The highest BCUT2D eigenvalue weighted by Gasteiger charge is 2.30. The molecule has 1 aromatic carbocycles. The highest BCUT2D eigenvalue weighted by molar-refractivity contribution is 9.10. The van der Waals surface area contributed by atoms with E-state index in [1.165, 1.54) is 18.2 Å². The van der Waals surface area contributed by atoms with Crippen LogP contribution in [0.25, 0.3) is 0 Å². The fraction of sp³-hybridized carbons (Fsp3) is 0.333. The first-order valence-electron chi connectivity index (χ1n) is 3.99. The molecule has 0 N–H and O–H groups in total. The first-order chi connectivity index (χ1) is 6.47. The second kappa shape index (κ2) is 5.90. The quantitative estimate of drug-likeness (QED) is 0.736. The van der Waals surface area contributed by atoms with E-state index in [9.17, 15) is 13.2 Å². The van der Waals surface area contributed by atoms with Gasteiger partial charge in [0.05, 0.1) is 0 Å². The van der Waals surface area contributed by atoms with Gasteiger partial charge in [-0.05, 0) is 18.2 Å². The molecule has 0 aliphatic carbocycles. The fourth-order valence-corrected chi connectivity index (χ4v) is 1.04. The van der Waals surface area contributed by atoms with Gasteiger partial charge in [-0.2, -0.15) is 0 Å². The van der Waals surface area contributed by atoms with Crippen LogP contribution in [0, 0.1) is 0 Å². The second-order valence-corrected chi connectivity index (χ2v) is 2.92. The minimum Gasteiger partial charge on any atom is -0.406 e. The summed E-state index contributed by atoms with van der Waals surface area (Å²) in [5.74, 6) is -0.225. The van der Waals surface area contributed by atoms with Crippen LogP contribution in [-0.4, -0.2) is 6.36 Å². The molecule has 0 fully saturated rings. The Morgan fingerprint density at radius 1 is 1.21 bits per heavy atom. The summed E-state index contributed by atoms with van der Waals surface area (Å²) in [4.78, 5) is 0. The first-order valence-corrected chi connectivity index (χ1v) is 4.78. The predicted octanol–water partition coefficient (Wildman–Crippen LogP) is 4.37. The summed E-state index contributed by atoms with van der Waals surface area (Å²) in [6.07, 6.45) is -4.62. The molecular formula is C9H10BrF3O. The molecule has 0 aliphatic rings. The lowest BCUT2D eigenvalue weighted by molar-refractivity contribution is -0.274. The topological polar surface area (TPSA) is 9.23 Å². The third kappa shape index (κ3) is 5.85. The Morgan fingerprint density at radius 3 is 2.21 bits per heavy atom. The molecule has 0 radical (unpaired) electrons. The number of rotatable bonds is 1. The molecule has 0 saturated carbocycles. The van der Waals surface area contributed by atoms with Gasteiger partial charge in [0.15, 0.2) is 0 Å². The van der Waals surface area contributed by atoms with E-state index in [2.05, 4.69) is 20.7 Å². The van der Waals surface area contributed by atoms with Gasteiger partial charge in [-0.25, -0.2) is 0 Å². The highest BCUT2D eigenvalue weighted by atomic mass is 79.9. The van der Waals surface area contributed by atoms with Gasteiger partial charge in [-0.3, -0.25) is 0 Å². The molecule has 80 valence electrons. The number of ether oxygens (including phenoxy) is 1. The molecular weight excluding hydrogens is 261 g/mol. The van der Waals surface area contributed by atoms with Crippen molar-refractivity contribution in [2.75, 3.05) is 0 Å². The molecule has 0 amide bonds. The van der Waals surface area contributed by atoms with Crippen molar-refractivity contribution in [1.82, 2.24) is 0 Å². The molecule has 0 unspecified atom stereocenters. The highest BCUT2D eigenvalue weighted by Crippen LogP contribution is 2.24. The van der Waals surface area contributed by atoms with Crippen LogP contribution in [0.2, 0.25) is 0 Å². The van der Waals surface area contributed by atoms with Gasteiger partial charge in [0.25, 0.3) is 0 Å². The zero-order valence-corrected chi connectivity index (χ0v) is 9.32. The molecule has 5 heteroatoms. The van der Waals surface area contributed by atoms with E-state index in [1.807, 2.05) is 13.8 Å². The van der Waals surface area contributed by atoms with Gasteiger partial charge in [-0.15, -0.1) is 13.2 Å². The van der Waals surface area contributed by atoms with Crippen LogP contribution >= 0.6 is 15.9 Å². The molecule has 0 heterocycles. The average Bonchev–Trinajstić information content (AvgIpc) is 2.04. The van der Waals surface area contributed by atoms with Crippen molar-refractivity contribution < 1.29 is 17.9 Å². The van der Waals surface area contributed by atoms with E-state index < -0.39 is 6.36 Å². The number of hydrogen-bond acceptors (Lipinski definition) is 1. The lowest BCUT2D eigenvalue weighted by atomic mass is 10.3. The Bertz CT molecular complexity index is 273. The summed E-state index contributed by atoms with van der Waals surface area (Å²) in [5.41, 5.74) is 0.